The number of hydrogen-bond acceptors (Lipinski definition) is 7. The van der Waals surface area contributed by atoms with E-state index in [4.69, 9.17) is 19.9 Å². The van der Waals surface area contributed by atoms with Crippen molar-refractivity contribution >= 4 is 5.91 Å². The number of fused-ring (bicyclic) bond motifs is 3. The van der Waals surface area contributed by atoms with Crippen LogP contribution >= 0.6 is 0 Å². The Bertz CT molecular complexity index is 1250. The van der Waals surface area contributed by atoms with Crippen molar-refractivity contribution in [2.24, 2.45) is 11.7 Å². The normalized spacial score (nSPS) is 29.1. The van der Waals surface area contributed by atoms with Crippen LogP contribution < -0.4 is 19.9 Å². The summed E-state index contributed by atoms with van der Waals surface area (Å²) >= 11 is 0. The average molecular weight is 463 g/mol. The zero-order chi connectivity index (χ0) is 24.3. The minimum Gasteiger partial charge on any atom is -0.508 e. The van der Waals surface area contributed by atoms with Crippen molar-refractivity contribution in [3.05, 3.63) is 83.4 Å². The van der Waals surface area contributed by atoms with E-state index in [1.165, 1.54) is 26.4 Å². The molecule has 1 heterocycles. The van der Waals surface area contributed by atoms with E-state index in [0.717, 1.165) is 0 Å². The molecule has 0 bridgehead atoms. The molecule has 5 rings (SSSR count). The number of ether oxygens (including phenoxy) is 3. The summed E-state index contributed by atoms with van der Waals surface area (Å²) in [5.74, 6) is -1.93. The van der Waals surface area contributed by atoms with Crippen molar-refractivity contribution in [2.75, 3.05) is 14.2 Å². The molecule has 0 spiro atoms. The predicted molar refractivity (Wildman–Crippen MR) is 122 cm³/mol. The molecule has 5 atom stereocenters. The Labute approximate surface area is 196 Å². The molecule has 34 heavy (non-hydrogen) atoms. The molecule has 3 aromatic rings. The van der Waals surface area contributed by atoms with Crippen LogP contribution in [0.25, 0.3) is 0 Å². The van der Waals surface area contributed by atoms with Gasteiger partial charge in [-0.1, -0.05) is 42.5 Å². The van der Waals surface area contributed by atoms with Crippen molar-refractivity contribution < 1.29 is 34.3 Å². The van der Waals surface area contributed by atoms with Crippen LogP contribution in [-0.4, -0.2) is 41.6 Å². The maximum atomic E-state index is 12.8. The fourth-order valence-electron chi connectivity index (χ4n) is 5.69. The first kappa shape index (κ1) is 22.1. The summed E-state index contributed by atoms with van der Waals surface area (Å²) in [6.07, 6.45) is -1.63. The Balaban J connectivity index is 1.89. The molecule has 1 amide bonds. The third-order valence-corrected chi connectivity index (χ3v) is 7.06. The summed E-state index contributed by atoms with van der Waals surface area (Å²) in [5.41, 5.74) is 3.30. The second-order valence-corrected chi connectivity index (χ2v) is 8.62. The Morgan fingerprint density at radius 1 is 1.03 bits per heavy atom. The van der Waals surface area contributed by atoms with Gasteiger partial charge in [0.15, 0.2) is 11.2 Å². The molecule has 3 aromatic carbocycles. The number of aromatic hydroxyl groups is 1. The highest BCUT2D eigenvalue weighted by Crippen LogP contribution is 2.70. The van der Waals surface area contributed by atoms with Gasteiger partial charge in [-0.2, -0.15) is 0 Å². The fraction of sp³-hybridized carbons (Fsp3) is 0.269. The highest BCUT2D eigenvalue weighted by molar-refractivity contribution is 5.81. The maximum absolute atomic E-state index is 12.8. The second kappa shape index (κ2) is 7.65. The Kier molecular flexibility index (Phi) is 4.96. The summed E-state index contributed by atoms with van der Waals surface area (Å²) < 4.78 is 17.5. The number of benzene rings is 3. The molecular formula is C26H25NO7. The standard InChI is InChI=1S/C26H25NO7/c1-32-17-12-18(33-2)22-19(13-17)34-26(15-8-10-16(28)11-9-15)21(14-6-4-3-5-7-14)20(24(27)30)23(29)25(22,26)31/h3-13,20-21,23,28-29,31H,1-2H3,(H2,27,30)/t20-,21-,23-,25+,26+/m1/s1. The molecular weight excluding hydrogens is 438 g/mol. The molecule has 0 aromatic heterocycles. The first-order chi connectivity index (χ1) is 16.3. The molecule has 8 heteroatoms. The number of primary amides is 1. The fourth-order valence-corrected chi connectivity index (χ4v) is 5.69. The SMILES string of the molecule is COc1cc(OC)c2c(c1)O[C@@]1(c3ccc(O)cc3)[C@H](c3ccccc3)[C@@H](C(N)=O)[C@@H](O)[C@@]21O. The van der Waals surface area contributed by atoms with Crippen molar-refractivity contribution in [1.29, 1.82) is 0 Å². The first-order valence-electron chi connectivity index (χ1n) is 10.8. The van der Waals surface area contributed by atoms with Gasteiger partial charge in [-0.25, -0.2) is 0 Å². The van der Waals surface area contributed by atoms with E-state index >= 15 is 0 Å². The molecule has 1 saturated carbocycles. The minimum atomic E-state index is -2.13. The van der Waals surface area contributed by atoms with Gasteiger partial charge in [0, 0.05) is 18.1 Å². The van der Waals surface area contributed by atoms with Gasteiger partial charge in [-0.15, -0.1) is 0 Å². The third kappa shape index (κ3) is 2.69. The molecule has 1 aliphatic carbocycles. The molecule has 8 nitrogen and oxygen atoms in total. The number of methoxy groups -OCH3 is 2. The first-order valence-corrected chi connectivity index (χ1v) is 10.8. The largest absolute Gasteiger partial charge is 0.508 e. The zero-order valence-electron chi connectivity index (χ0n) is 18.6. The number of hydrogen-bond donors (Lipinski definition) is 4. The van der Waals surface area contributed by atoms with Crippen LogP contribution in [0.4, 0.5) is 0 Å². The third-order valence-electron chi connectivity index (χ3n) is 7.06. The Hall–Kier alpha value is -3.75. The van der Waals surface area contributed by atoms with Crippen LogP contribution in [0, 0.1) is 5.92 Å². The highest BCUT2D eigenvalue weighted by Gasteiger charge is 2.77. The minimum absolute atomic E-state index is 0.0136. The lowest BCUT2D eigenvalue weighted by molar-refractivity contribution is -0.154. The number of phenolic OH excluding ortho intramolecular Hbond substituents is 1. The van der Waals surface area contributed by atoms with Crippen LogP contribution in [0.1, 0.15) is 22.6 Å². The molecule has 0 saturated heterocycles. The van der Waals surface area contributed by atoms with E-state index in [9.17, 15) is 20.1 Å². The number of rotatable bonds is 5. The topological polar surface area (TPSA) is 131 Å². The lowest BCUT2D eigenvalue weighted by Crippen LogP contribution is -2.52. The van der Waals surface area contributed by atoms with Crippen LogP contribution in [0.2, 0.25) is 0 Å². The summed E-state index contributed by atoms with van der Waals surface area (Å²) in [7, 11) is 2.92. The Morgan fingerprint density at radius 3 is 2.29 bits per heavy atom. The summed E-state index contributed by atoms with van der Waals surface area (Å²) in [6, 6.07) is 18.3. The lowest BCUT2D eigenvalue weighted by Gasteiger charge is -2.40. The van der Waals surface area contributed by atoms with Gasteiger partial charge in [0.1, 0.15) is 29.1 Å². The number of aliphatic hydroxyl groups excluding tert-OH is 1. The van der Waals surface area contributed by atoms with E-state index in [-0.39, 0.29) is 22.8 Å². The molecule has 2 aliphatic rings. The average Bonchev–Trinajstić information content (AvgIpc) is 3.22. The molecule has 0 radical (unpaired) electrons. The van der Waals surface area contributed by atoms with Crippen molar-refractivity contribution in [3.63, 3.8) is 0 Å². The van der Waals surface area contributed by atoms with E-state index < -0.39 is 35.0 Å². The van der Waals surface area contributed by atoms with Gasteiger partial charge >= 0.3 is 0 Å². The second-order valence-electron chi connectivity index (χ2n) is 8.62. The van der Waals surface area contributed by atoms with Crippen molar-refractivity contribution in [2.45, 2.75) is 23.2 Å². The number of phenols is 1. The molecule has 1 fully saturated rings. The molecule has 0 unspecified atom stereocenters. The number of aliphatic hydroxyl groups is 2. The van der Waals surface area contributed by atoms with Gasteiger partial charge in [0.2, 0.25) is 5.91 Å². The maximum Gasteiger partial charge on any atom is 0.224 e. The van der Waals surface area contributed by atoms with Gasteiger partial charge in [0.25, 0.3) is 0 Å². The van der Waals surface area contributed by atoms with Crippen LogP contribution in [-0.2, 0) is 16.0 Å². The van der Waals surface area contributed by atoms with Gasteiger partial charge in [-0.05, 0) is 23.3 Å². The van der Waals surface area contributed by atoms with Crippen LogP contribution in [0.5, 0.6) is 23.0 Å². The van der Waals surface area contributed by atoms with Crippen molar-refractivity contribution in [1.82, 2.24) is 0 Å². The number of carbonyl (C=O) groups is 1. The molecule has 176 valence electrons. The van der Waals surface area contributed by atoms with E-state index in [0.29, 0.717) is 16.9 Å². The smallest absolute Gasteiger partial charge is 0.224 e. The summed E-state index contributed by atoms with van der Waals surface area (Å²) in [6.45, 7) is 0. The Morgan fingerprint density at radius 2 is 1.71 bits per heavy atom. The zero-order valence-corrected chi connectivity index (χ0v) is 18.6. The van der Waals surface area contributed by atoms with Gasteiger partial charge in [0.05, 0.1) is 25.7 Å². The van der Waals surface area contributed by atoms with Gasteiger partial charge in [-0.3, -0.25) is 4.79 Å². The molecule has 5 N–H and O–H groups in total. The van der Waals surface area contributed by atoms with E-state index in [2.05, 4.69) is 0 Å². The number of carbonyl (C=O) groups excluding carboxylic acids is 1. The summed E-state index contributed by atoms with van der Waals surface area (Å²) in [5, 5.41) is 34.1. The van der Waals surface area contributed by atoms with E-state index in [1.807, 2.05) is 6.07 Å². The van der Waals surface area contributed by atoms with E-state index in [1.54, 1.807) is 48.5 Å². The van der Waals surface area contributed by atoms with Crippen LogP contribution in [0.15, 0.2) is 66.7 Å². The number of amides is 1. The van der Waals surface area contributed by atoms with Crippen LogP contribution in [0.3, 0.4) is 0 Å². The molecule has 1 aliphatic heterocycles. The van der Waals surface area contributed by atoms with Crippen molar-refractivity contribution in [3.8, 4) is 23.0 Å². The lowest BCUT2D eigenvalue weighted by atomic mass is 9.70. The predicted octanol–water partition coefficient (Wildman–Crippen LogP) is 2.14. The highest BCUT2D eigenvalue weighted by atomic mass is 16.5. The van der Waals surface area contributed by atoms with Gasteiger partial charge < -0.3 is 35.3 Å². The summed E-state index contributed by atoms with van der Waals surface area (Å²) in [4.78, 5) is 12.8. The quantitative estimate of drug-likeness (QED) is 0.456. The number of nitrogens with two attached hydrogens (primary N) is 1. The monoisotopic (exact) mass is 463 g/mol.